The second-order valence-corrected chi connectivity index (χ2v) is 9.37. The van der Waals surface area contributed by atoms with E-state index in [2.05, 4.69) is 19.2 Å². The molecule has 0 bridgehead atoms. The molecule has 0 spiro atoms. The number of anilines is 1. The average Bonchev–Trinajstić information content (AvgIpc) is 3.00. The molecule has 27 heavy (non-hydrogen) atoms. The minimum atomic E-state index is -3.26. The Bertz CT molecular complexity index is 895. The number of amides is 1. The van der Waals surface area contributed by atoms with Crippen molar-refractivity contribution in [3.8, 4) is 0 Å². The normalized spacial score (nSPS) is 17.1. The number of hydrogen-bond donors (Lipinski definition) is 1. The van der Waals surface area contributed by atoms with Gasteiger partial charge in [0, 0.05) is 12.1 Å². The fraction of sp³-hybridized carbons (Fsp3) is 0.381. The van der Waals surface area contributed by atoms with Crippen molar-refractivity contribution in [3.63, 3.8) is 0 Å². The number of nitrogens with zero attached hydrogens (tertiary/aromatic N) is 1. The topological polar surface area (TPSA) is 66.5 Å². The lowest BCUT2D eigenvalue weighted by Gasteiger charge is -2.22. The fourth-order valence-electron chi connectivity index (χ4n) is 3.41. The Morgan fingerprint density at radius 3 is 2.48 bits per heavy atom. The highest BCUT2D eigenvalue weighted by Crippen LogP contribution is 2.26. The molecule has 0 saturated carbocycles. The molecule has 0 aromatic heterocycles. The standard InChI is InChI=1S/C21H26N2O3S/c1-16(2)14-20(17-8-4-3-5-9-17)22-21(24)18-10-6-11-19(15-18)23-12-7-13-27(23,25)26/h3-6,8-11,15-16,20H,7,12-14H2,1-2H3,(H,22,24)/t20-/m1/s1. The highest BCUT2D eigenvalue weighted by Gasteiger charge is 2.29. The minimum Gasteiger partial charge on any atom is -0.345 e. The van der Waals surface area contributed by atoms with Gasteiger partial charge in [0.1, 0.15) is 0 Å². The molecule has 1 N–H and O–H groups in total. The molecule has 1 fully saturated rings. The quantitative estimate of drug-likeness (QED) is 0.822. The van der Waals surface area contributed by atoms with Crippen molar-refractivity contribution in [2.75, 3.05) is 16.6 Å². The first-order valence-electron chi connectivity index (χ1n) is 9.33. The van der Waals surface area contributed by atoms with Gasteiger partial charge in [-0.3, -0.25) is 9.10 Å². The van der Waals surface area contributed by atoms with Crippen LogP contribution < -0.4 is 9.62 Å². The Kier molecular flexibility index (Phi) is 5.85. The first-order chi connectivity index (χ1) is 12.9. The summed E-state index contributed by atoms with van der Waals surface area (Å²) >= 11 is 0. The molecular formula is C21H26N2O3S. The molecule has 1 amide bonds. The van der Waals surface area contributed by atoms with Gasteiger partial charge < -0.3 is 5.32 Å². The van der Waals surface area contributed by atoms with Crippen LogP contribution in [0.25, 0.3) is 0 Å². The summed E-state index contributed by atoms with van der Waals surface area (Å²) in [6.07, 6.45) is 1.44. The number of benzene rings is 2. The molecule has 1 aliphatic heterocycles. The zero-order valence-corrected chi connectivity index (χ0v) is 16.6. The predicted octanol–water partition coefficient (Wildman–Crippen LogP) is 3.74. The van der Waals surface area contributed by atoms with Crippen LogP contribution in [0.4, 0.5) is 5.69 Å². The molecule has 5 nitrogen and oxygen atoms in total. The maximum absolute atomic E-state index is 12.9. The van der Waals surface area contributed by atoms with Crippen LogP contribution >= 0.6 is 0 Å². The zero-order chi connectivity index (χ0) is 19.4. The maximum Gasteiger partial charge on any atom is 0.251 e. The summed E-state index contributed by atoms with van der Waals surface area (Å²) in [5.41, 5.74) is 2.09. The monoisotopic (exact) mass is 386 g/mol. The van der Waals surface area contributed by atoms with Crippen LogP contribution in [-0.4, -0.2) is 26.6 Å². The highest BCUT2D eigenvalue weighted by molar-refractivity contribution is 7.93. The lowest BCUT2D eigenvalue weighted by molar-refractivity contribution is 0.0932. The molecular weight excluding hydrogens is 360 g/mol. The number of sulfonamides is 1. The summed E-state index contributed by atoms with van der Waals surface area (Å²) in [6, 6.07) is 16.7. The lowest BCUT2D eigenvalue weighted by atomic mass is 9.96. The molecule has 0 aliphatic carbocycles. The first-order valence-corrected chi connectivity index (χ1v) is 10.9. The molecule has 0 radical (unpaired) electrons. The number of carbonyl (C=O) groups excluding carboxylic acids is 1. The summed E-state index contributed by atoms with van der Waals surface area (Å²) < 4.78 is 25.7. The van der Waals surface area contributed by atoms with Crippen LogP contribution in [0.5, 0.6) is 0 Å². The van der Waals surface area contributed by atoms with E-state index in [0.29, 0.717) is 30.1 Å². The van der Waals surface area contributed by atoms with Crippen molar-refractivity contribution in [1.29, 1.82) is 0 Å². The summed E-state index contributed by atoms with van der Waals surface area (Å²) in [5, 5.41) is 3.11. The van der Waals surface area contributed by atoms with Crippen LogP contribution in [0.15, 0.2) is 54.6 Å². The van der Waals surface area contributed by atoms with Crippen LogP contribution in [0, 0.1) is 5.92 Å². The third-order valence-electron chi connectivity index (χ3n) is 4.71. The van der Waals surface area contributed by atoms with Gasteiger partial charge >= 0.3 is 0 Å². The van der Waals surface area contributed by atoms with E-state index in [1.807, 2.05) is 30.3 Å². The van der Waals surface area contributed by atoms with E-state index in [-0.39, 0.29) is 17.7 Å². The van der Waals surface area contributed by atoms with Gasteiger partial charge in [0.25, 0.3) is 5.91 Å². The van der Waals surface area contributed by atoms with Crippen molar-refractivity contribution < 1.29 is 13.2 Å². The van der Waals surface area contributed by atoms with Gasteiger partial charge in [-0.1, -0.05) is 50.2 Å². The molecule has 1 heterocycles. The summed E-state index contributed by atoms with van der Waals surface area (Å²) in [5.74, 6) is 0.396. The third-order valence-corrected chi connectivity index (χ3v) is 6.58. The number of nitrogens with one attached hydrogen (secondary N) is 1. The van der Waals surface area contributed by atoms with Crippen molar-refractivity contribution in [1.82, 2.24) is 5.32 Å². The molecule has 3 rings (SSSR count). The Labute approximate surface area is 161 Å². The van der Waals surface area contributed by atoms with Crippen molar-refractivity contribution in [3.05, 3.63) is 65.7 Å². The van der Waals surface area contributed by atoms with Crippen LogP contribution in [-0.2, 0) is 10.0 Å². The second kappa shape index (κ2) is 8.13. The predicted molar refractivity (Wildman–Crippen MR) is 108 cm³/mol. The smallest absolute Gasteiger partial charge is 0.251 e. The Balaban J connectivity index is 1.81. The van der Waals surface area contributed by atoms with E-state index in [4.69, 9.17) is 0 Å². The van der Waals surface area contributed by atoms with E-state index in [1.165, 1.54) is 4.31 Å². The van der Waals surface area contributed by atoms with Gasteiger partial charge in [0.15, 0.2) is 0 Å². The molecule has 2 aromatic carbocycles. The number of carbonyl (C=O) groups is 1. The highest BCUT2D eigenvalue weighted by atomic mass is 32.2. The van der Waals surface area contributed by atoms with Gasteiger partial charge in [-0.25, -0.2) is 8.42 Å². The van der Waals surface area contributed by atoms with Gasteiger partial charge in [-0.15, -0.1) is 0 Å². The Morgan fingerprint density at radius 1 is 1.11 bits per heavy atom. The number of rotatable bonds is 6. The average molecular weight is 387 g/mol. The van der Waals surface area contributed by atoms with Gasteiger partial charge in [0.05, 0.1) is 17.5 Å². The van der Waals surface area contributed by atoms with E-state index in [1.54, 1.807) is 24.3 Å². The molecule has 1 aliphatic rings. The minimum absolute atomic E-state index is 0.0853. The summed E-state index contributed by atoms with van der Waals surface area (Å²) in [4.78, 5) is 12.9. The third kappa shape index (κ3) is 4.69. The maximum atomic E-state index is 12.9. The molecule has 144 valence electrons. The Morgan fingerprint density at radius 2 is 1.85 bits per heavy atom. The molecule has 1 saturated heterocycles. The largest absolute Gasteiger partial charge is 0.345 e. The zero-order valence-electron chi connectivity index (χ0n) is 15.8. The van der Waals surface area contributed by atoms with Crippen LogP contribution in [0.1, 0.15) is 48.7 Å². The van der Waals surface area contributed by atoms with Crippen LogP contribution in [0.3, 0.4) is 0 Å². The van der Waals surface area contributed by atoms with Gasteiger partial charge in [0.2, 0.25) is 10.0 Å². The lowest BCUT2D eigenvalue weighted by Crippen LogP contribution is -2.30. The summed E-state index contributed by atoms with van der Waals surface area (Å²) in [6.45, 7) is 4.72. The second-order valence-electron chi connectivity index (χ2n) is 7.36. The van der Waals surface area contributed by atoms with Gasteiger partial charge in [-0.2, -0.15) is 0 Å². The van der Waals surface area contributed by atoms with E-state index >= 15 is 0 Å². The SMILES string of the molecule is CC(C)C[C@@H](NC(=O)c1cccc(N2CCCS2(=O)=O)c1)c1ccccc1. The van der Waals surface area contributed by atoms with Crippen molar-refractivity contribution in [2.45, 2.75) is 32.7 Å². The fourth-order valence-corrected chi connectivity index (χ4v) is 4.96. The van der Waals surface area contributed by atoms with Gasteiger partial charge in [-0.05, 0) is 42.5 Å². The molecule has 2 aromatic rings. The first kappa shape index (κ1) is 19.4. The summed E-state index contributed by atoms with van der Waals surface area (Å²) in [7, 11) is -3.26. The van der Waals surface area contributed by atoms with E-state index < -0.39 is 10.0 Å². The van der Waals surface area contributed by atoms with E-state index in [9.17, 15) is 13.2 Å². The molecule has 6 heteroatoms. The van der Waals surface area contributed by atoms with Crippen molar-refractivity contribution >= 4 is 21.6 Å². The van der Waals surface area contributed by atoms with E-state index in [0.717, 1.165) is 12.0 Å². The van der Waals surface area contributed by atoms with Crippen LogP contribution in [0.2, 0.25) is 0 Å². The van der Waals surface area contributed by atoms with Crippen molar-refractivity contribution in [2.24, 2.45) is 5.92 Å². The number of hydrogen-bond acceptors (Lipinski definition) is 3. The Hall–Kier alpha value is -2.34. The molecule has 1 atom stereocenters. The molecule has 0 unspecified atom stereocenters.